The van der Waals surface area contributed by atoms with Crippen molar-refractivity contribution in [3.8, 4) is 0 Å². The monoisotopic (exact) mass is 350 g/mol. The van der Waals surface area contributed by atoms with Gasteiger partial charge in [-0.15, -0.1) is 11.8 Å². The number of methoxy groups -OCH3 is 1. The molecule has 1 amide bonds. The van der Waals surface area contributed by atoms with Gasteiger partial charge >= 0.3 is 12.1 Å². The van der Waals surface area contributed by atoms with E-state index in [-0.39, 0.29) is 6.61 Å². The van der Waals surface area contributed by atoms with E-state index in [1.54, 1.807) is 18.8 Å². The first-order chi connectivity index (χ1) is 11.6. The number of rotatable bonds is 7. The van der Waals surface area contributed by atoms with Gasteiger partial charge in [0.15, 0.2) is 0 Å². The lowest BCUT2D eigenvalue weighted by atomic mass is 10.1. The third-order valence-corrected chi connectivity index (χ3v) is 4.77. The van der Waals surface area contributed by atoms with Crippen molar-refractivity contribution in [2.45, 2.75) is 25.5 Å². The molecule has 0 aromatic heterocycles. The number of hydrogen-bond donors (Lipinski definition) is 0. The summed E-state index contributed by atoms with van der Waals surface area (Å²) in [6, 6.07) is 8.73. The van der Waals surface area contributed by atoms with Crippen LogP contribution in [0.25, 0.3) is 0 Å². The van der Waals surface area contributed by atoms with Crippen molar-refractivity contribution in [3.63, 3.8) is 0 Å². The first kappa shape index (κ1) is 18.3. The van der Waals surface area contributed by atoms with Gasteiger partial charge in [0, 0.05) is 19.3 Å². The van der Waals surface area contributed by atoms with Gasteiger partial charge in [-0.1, -0.05) is 30.3 Å². The van der Waals surface area contributed by atoms with E-state index in [9.17, 15) is 9.59 Å². The average Bonchev–Trinajstić information content (AvgIpc) is 3.13. The summed E-state index contributed by atoms with van der Waals surface area (Å²) >= 11 is 1.69. The predicted molar refractivity (Wildman–Crippen MR) is 94.2 cm³/mol. The van der Waals surface area contributed by atoms with Crippen molar-refractivity contribution >= 4 is 28.9 Å². The van der Waals surface area contributed by atoms with Crippen LogP contribution in [-0.4, -0.2) is 54.5 Å². The largest absolute Gasteiger partial charge is 0.467 e. The van der Waals surface area contributed by atoms with Gasteiger partial charge in [-0.3, -0.25) is 9.89 Å². The lowest BCUT2D eigenvalue weighted by Crippen LogP contribution is -2.43. The molecular formula is C17H22N2O4S. The third kappa shape index (κ3) is 5.26. The number of likely N-dealkylation sites (N-methyl/N-ethyl adjacent to an activating group) is 1. The number of hydrogen-bond acceptors (Lipinski definition) is 6. The third-order valence-electron chi connectivity index (χ3n) is 3.71. The molecule has 0 fully saturated rings. The zero-order chi connectivity index (χ0) is 17.4. The molecular weight excluding hydrogens is 328 g/mol. The number of esters is 1. The van der Waals surface area contributed by atoms with Crippen molar-refractivity contribution in [2.24, 2.45) is 4.99 Å². The summed E-state index contributed by atoms with van der Waals surface area (Å²) in [5.41, 5.74) is 0.894. The maximum Gasteiger partial charge on any atom is 0.410 e. The predicted octanol–water partition coefficient (Wildman–Crippen LogP) is 2.72. The maximum atomic E-state index is 12.2. The van der Waals surface area contributed by atoms with Crippen LogP contribution in [0.15, 0.2) is 35.3 Å². The van der Waals surface area contributed by atoms with E-state index < -0.39 is 18.1 Å². The van der Waals surface area contributed by atoms with Gasteiger partial charge in [0.25, 0.3) is 0 Å². The molecule has 0 radical (unpaired) electrons. The highest BCUT2D eigenvalue weighted by Crippen LogP contribution is 2.19. The van der Waals surface area contributed by atoms with Crippen LogP contribution in [0.4, 0.5) is 4.79 Å². The van der Waals surface area contributed by atoms with Crippen LogP contribution in [0.1, 0.15) is 18.4 Å². The van der Waals surface area contributed by atoms with Crippen LogP contribution in [0, 0.1) is 0 Å². The van der Waals surface area contributed by atoms with Gasteiger partial charge in [-0.2, -0.15) is 0 Å². The number of thioether (sulfide) groups is 1. The van der Waals surface area contributed by atoms with Gasteiger partial charge in [0.1, 0.15) is 12.6 Å². The Morgan fingerprint density at radius 1 is 1.33 bits per heavy atom. The Kier molecular flexibility index (Phi) is 7.11. The van der Waals surface area contributed by atoms with E-state index in [0.717, 1.165) is 22.9 Å². The fraction of sp³-hybridized carbons (Fsp3) is 0.471. The SMILES string of the molecule is COC(=O)[C@@H](CCC1=NCCS1)N(C)C(=O)OCc1ccccc1. The van der Waals surface area contributed by atoms with Crippen molar-refractivity contribution < 1.29 is 19.1 Å². The van der Waals surface area contributed by atoms with E-state index >= 15 is 0 Å². The van der Waals surface area contributed by atoms with Crippen LogP contribution in [0.3, 0.4) is 0 Å². The highest BCUT2D eigenvalue weighted by molar-refractivity contribution is 8.14. The molecule has 1 aliphatic heterocycles. The second-order valence-corrected chi connectivity index (χ2v) is 6.52. The minimum atomic E-state index is -0.679. The first-order valence-corrected chi connectivity index (χ1v) is 8.78. The standard InChI is InChI=1S/C17H22N2O4S/c1-19(17(21)23-12-13-6-4-3-5-7-13)14(16(20)22-2)8-9-15-18-10-11-24-15/h3-7,14H,8-12H2,1-2H3/t14-/m1/s1. The van der Waals surface area contributed by atoms with Crippen LogP contribution in [0.5, 0.6) is 0 Å². The summed E-state index contributed by atoms with van der Waals surface area (Å²) in [4.78, 5) is 29.9. The number of nitrogens with zero attached hydrogens (tertiary/aromatic N) is 2. The maximum absolute atomic E-state index is 12.2. The lowest BCUT2D eigenvalue weighted by Gasteiger charge is -2.25. The number of ether oxygens (including phenoxy) is 2. The molecule has 0 aliphatic carbocycles. The Labute approximate surface area is 146 Å². The summed E-state index contributed by atoms with van der Waals surface area (Å²) < 4.78 is 10.1. The van der Waals surface area contributed by atoms with Crippen molar-refractivity contribution in [1.29, 1.82) is 0 Å². The molecule has 1 aromatic carbocycles. The normalized spacial score (nSPS) is 14.7. The Bertz CT molecular complexity index is 592. The minimum absolute atomic E-state index is 0.167. The molecule has 130 valence electrons. The number of aliphatic imine (C=N–C) groups is 1. The Morgan fingerprint density at radius 3 is 2.71 bits per heavy atom. The average molecular weight is 350 g/mol. The van der Waals surface area contributed by atoms with Gasteiger partial charge < -0.3 is 9.47 Å². The van der Waals surface area contributed by atoms with Crippen LogP contribution < -0.4 is 0 Å². The van der Waals surface area contributed by atoms with E-state index in [4.69, 9.17) is 9.47 Å². The first-order valence-electron chi connectivity index (χ1n) is 7.79. The molecule has 0 unspecified atom stereocenters. The molecule has 7 heteroatoms. The number of carbonyl (C=O) groups excluding carboxylic acids is 2. The molecule has 24 heavy (non-hydrogen) atoms. The van der Waals surface area contributed by atoms with Crippen LogP contribution in [-0.2, 0) is 20.9 Å². The molecule has 1 heterocycles. The number of amides is 1. The van der Waals surface area contributed by atoms with Gasteiger partial charge in [0.2, 0.25) is 0 Å². The molecule has 0 bridgehead atoms. The molecule has 1 aromatic rings. The summed E-state index contributed by atoms with van der Waals surface area (Å²) in [5, 5.41) is 1.02. The number of carbonyl (C=O) groups is 2. The van der Waals surface area contributed by atoms with E-state index in [0.29, 0.717) is 12.8 Å². The van der Waals surface area contributed by atoms with E-state index in [1.807, 2.05) is 30.3 Å². The topological polar surface area (TPSA) is 68.2 Å². The molecule has 1 atom stereocenters. The Balaban J connectivity index is 1.91. The van der Waals surface area contributed by atoms with Gasteiger partial charge in [0.05, 0.1) is 12.2 Å². The summed E-state index contributed by atoms with van der Waals surface area (Å²) in [7, 11) is 2.87. The summed E-state index contributed by atoms with van der Waals surface area (Å²) in [6.45, 7) is 0.984. The van der Waals surface area contributed by atoms with Crippen molar-refractivity contribution in [3.05, 3.63) is 35.9 Å². The Morgan fingerprint density at radius 2 is 2.08 bits per heavy atom. The zero-order valence-electron chi connectivity index (χ0n) is 13.9. The smallest absolute Gasteiger partial charge is 0.410 e. The Hall–Kier alpha value is -2.02. The highest BCUT2D eigenvalue weighted by atomic mass is 32.2. The lowest BCUT2D eigenvalue weighted by molar-refractivity contribution is -0.146. The zero-order valence-corrected chi connectivity index (χ0v) is 14.8. The fourth-order valence-electron chi connectivity index (χ4n) is 2.34. The van der Waals surface area contributed by atoms with E-state index in [2.05, 4.69) is 4.99 Å². The van der Waals surface area contributed by atoms with Crippen LogP contribution >= 0.6 is 11.8 Å². The molecule has 0 saturated carbocycles. The minimum Gasteiger partial charge on any atom is -0.467 e. The molecule has 0 spiro atoms. The number of benzene rings is 1. The second kappa shape index (κ2) is 9.32. The van der Waals surface area contributed by atoms with Crippen molar-refractivity contribution in [1.82, 2.24) is 4.90 Å². The van der Waals surface area contributed by atoms with Gasteiger partial charge in [-0.05, 0) is 18.4 Å². The van der Waals surface area contributed by atoms with Crippen LogP contribution in [0.2, 0.25) is 0 Å². The van der Waals surface area contributed by atoms with Crippen molar-refractivity contribution in [2.75, 3.05) is 26.5 Å². The molecule has 6 nitrogen and oxygen atoms in total. The summed E-state index contributed by atoms with van der Waals surface area (Å²) in [6.07, 6.45) is 0.575. The summed E-state index contributed by atoms with van der Waals surface area (Å²) in [5.74, 6) is 0.533. The molecule has 2 rings (SSSR count). The second-order valence-electron chi connectivity index (χ2n) is 5.35. The quantitative estimate of drug-likeness (QED) is 0.707. The van der Waals surface area contributed by atoms with E-state index in [1.165, 1.54) is 12.0 Å². The molecule has 0 saturated heterocycles. The highest BCUT2D eigenvalue weighted by Gasteiger charge is 2.29. The molecule has 1 aliphatic rings. The van der Waals surface area contributed by atoms with Gasteiger partial charge in [-0.25, -0.2) is 9.59 Å². The molecule has 0 N–H and O–H groups in total. The fourth-order valence-corrected chi connectivity index (χ4v) is 3.21.